The van der Waals surface area contributed by atoms with Crippen LogP contribution >= 0.6 is 34.8 Å². The summed E-state index contributed by atoms with van der Waals surface area (Å²) in [6.45, 7) is -0.317. The lowest BCUT2D eigenvalue weighted by Crippen LogP contribution is -2.25. The summed E-state index contributed by atoms with van der Waals surface area (Å²) in [5.41, 5.74) is -0.0995. The second kappa shape index (κ2) is 10.2. The van der Waals surface area contributed by atoms with Crippen molar-refractivity contribution in [1.82, 2.24) is 19.6 Å². The van der Waals surface area contributed by atoms with E-state index < -0.39 is 26.9 Å². The Morgan fingerprint density at radius 2 is 1.97 bits per heavy atom. The van der Waals surface area contributed by atoms with Crippen LogP contribution in [-0.4, -0.2) is 42.7 Å². The SMILES string of the molecule is CN(C)S(=O)(=O)c1nc(Cl)c(C(=O)NCc2ccc(Cl)c(Oc3cc(Cl)cc(C#N)c3)c2F)[nH]1. The first kappa shape index (κ1) is 25.7. The van der Waals surface area contributed by atoms with Crippen LogP contribution in [0.5, 0.6) is 11.5 Å². The number of rotatable bonds is 7. The van der Waals surface area contributed by atoms with Crippen LogP contribution in [0, 0.1) is 17.1 Å². The van der Waals surface area contributed by atoms with Crippen molar-refractivity contribution in [3.8, 4) is 17.6 Å². The number of nitrogens with zero attached hydrogens (tertiary/aromatic N) is 3. The molecule has 1 amide bonds. The van der Waals surface area contributed by atoms with E-state index in [4.69, 9.17) is 44.8 Å². The van der Waals surface area contributed by atoms with Gasteiger partial charge in [0.15, 0.2) is 16.7 Å². The van der Waals surface area contributed by atoms with Gasteiger partial charge in [-0.2, -0.15) is 5.26 Å². The molecule has 0 bridgehead atoms. The largest absolute Gasteiger partial charge is 0.453 e. The molecule has 0 radical (unpaired) electrons. The third kappa shape index (κ3) is 5.43. The topological polar surface area (TPSA) is 128 Å². The first-order valence-corrected chi connectivity index (χ1v) is 11.8. The molecule has 1 aromatic heterocycles. The fourth-order valence-electron chi connectivity index (χ4n) is 2.65. The Labute approximate surface area is 209 Å². The Morgan fingerprint density at radius 3 is 2.62 bits per heavy atom. The summed E-state index contributed by atoms with van der Waals surface area (Å²) in [6.07, 6.45) is 0. The van der Waals surface area contributed by atoms with Crippen molar-refractivity contribution >= 4 is 50.7 Å². The minimum absolute atomic E-state index is 0.00654. The Balaban J connectivity index is 1.82. The number of sulfonamides is 1. The summed E-state index contributed by atoms with van der Waals surface area (Å²) in [5.74, 6) is -1.93. The van der Waals surface area contributed by atoms with E-state index >= 15 is 4.39 Å². The quantitative estimate of drug-likeness (QED) is 0.453. The highest BCUT2D eigenvalue weighted by atomic mass is 35.5. The Hall–Kier alpha value is -2.88. The van der Waals surface area contributed by atoms with E-state index in [-0.39, 0.29) is 50.1 Å². The number of carbonyl (C=O) groups excluding carboxylic acids is 1. The lowest BCUT2D eigenvalue weighted by Gasteiger charge is -2.13. The number of hydrogen-bond donors (Lipinski definition) is 2. The molecule has 34 heavy (non-hydrogen) atoms. The van der Waals surface area contributed by atoms with Gasteiger partial charge in [-0.05, 0) is 24.3 Å². The van der Waals surface area contributed by atoms with Crippen LogP contribution in [0.4, 0.5) is 4.39 Å². The maximum absolute atomic E-state index is 15.1. The average molecular weight is 547 g/mol. The number of amides is 1. The summed E-state index contributed by atoms with van der Waals surface area (Å²) in [6, 6.07) is 8.75. The summed E-state index contributed by atoms with van der Waals surface area (Å²) >= 11 is 17.9. The van der Waals surface area contributed by atoms with Crippen LogP contribution in [0.3, 0.4) is 0 Å². The van der Waals surface area contributed by atoms with Crippen molar-refractivity contribution < 1.29 is 22.3 Å². The molecule has 9 nitrogen and oxygen atoms in total. The molecule has 0 aliphatic heterocycles. The number of aromatic nitrogens is 2. The Bertz CT molecular complexity index is 1420. The zero-order valence-corrected chi connectivity index (χ0v) is 20.6. The third-order valence-corrected chi connectivity index (χ3v) is 6.81. The maximum atomic E-state index is 15.1. The van der Waals surface area contributed by atoms with Gasteiger partial charge in [-0.25, -0.2) is 22.1 Å². The molecule has 0 spiro atoms. The van der Waals surface area contributed by atoms with Gasteiger partial charge >= 0.3 is 0 Å². The molecular weight excluding hydrogens is 532 g/mol. The van der Waals surface area contributed by atoms with E-state index in [9.17, 15) is 13.2 Å². The van der Waals surface area contributed by atoms with Gasteiger partial charge in [-0.3, -0.25) is 4.79 Å². The van der Waals surface area contributed by atoms with Crippen molar-refractivity contribution in [2.75, 3.05) is 14.1 Å². The molecule has 3 rings (SSSR count). The first-order valence-electron chi connectivity index (χ1n) is 9.25. The van der Waals surface area contributed by atoms with Crippen molar-refractivity contribution in [3.05, 3.63) is 68.2 Å². The van der Waals surface area contributed by atoms with E-state index in [1.54, 1.807) is 0 Å². The van der Waals surface area contributed by atoms with E-state index in [2.05, 4.69) is 15.3 Å². The number of H-pyrrole nitrogens is 1. The number of aromatic amines is 1. The number of carbonyl (C=O) groups is 1. The molecule has 1 heterocycles. The van der Waals surface area contributed by atoms with Crippen LogP contribution in [0.1, 0.15) is 21.6 Å². The van der Waals surface area contributed by atoms with Crippen LogP contribution in [0.15, 0.2) is 35.5 Å². The van der Waals surface area contributed by atoms with Crippen LogP contribution in [0.25, 0.3) is 0 Å². The number of benzene rings is 2. The molecule has 0 saturated heterocycles. The van der Waals surface area contributed by atoms with Crippen molar-refractivity contribution in [3.63, 3.8) is 0 Å². The lowest BCUT2D eigenvalue weighted by molar-refractivity contribution is 0.0946. The molecule has 0 fully saturated rings. The fraction of sp³-hybridized carbons (Fsp3) is 0.150. The number of nitrogens with one attached hydrogen (secondary N) is 2. The maximum Gasteiger partial charge on any atom is 0.276 e. The van der Waals surface area contributed by atoms with Crippen LogP contribution in [0.2, 0.25) is 15.2 Å². The van der Waals surface area contributed by atoms with Gasteiger partial charge in [-0.15, -0.1) is 0 Å². The monoisotopic (exact) mass is 545 g/mol. The highest BCUT2D eigenvalue weighted by Crippen LogP contribution is 2.35. The van der Waals surface area contributed by atoms with E-state index in [0.717, 1.165) is 4.31 Å². The molecule has 0 unspecified atom stereocenters. The number of hydrogen-bond acceptors (Lipinski definition) is 6. The number of ether oxygens (including phenoxy) is 1. The minimum atomic E-state index is -3.95. The lowest BCUT2D eigenvalue weighted by atomic mass is 10.2. The standard InChI is InChI=1S/C20H15Cl3FN5O4S/c1-29(2)34(31,32)20-27-16(18(23)28-20)19(30)26-9-11-3-4-14(22)17(15(11)24)33-13-6-10(8-25)5-12(21)7-13/h3-7H,9H2,1-2H3,(H,26,30)(H,27,28). The summed E-state index contributed by atoms with van der Waals surface area (Å²) in [5, 5.41) is 10.8. The average Bonchev–Trinajstić information content (AvgIpc) is 3.17. The second-order valence-electron chi connectivity index (χ2n) is 6.92. The molecule has 14 heteroatoms. The normalized spacial score (nSPS) is 11.4. The summed E-state index contributed by atoms with van der Waals surface area (Å²) in [7, 11) is -1.37. The van der Waals surface area contributed by atoms with Gasteiger partial charge < -0.3 is 15.0 Å². The highest BCUT2D eigenvalue weighted by Gasteiger charge is 2.26. The smallest absolute Gasteiger partial charge is 0.276 e. The predicted molar refractivity (Wildman–Crippen MR) is 123 cm³/mol. The van der Waals surface area contributed by atoms with Gasteiger partial charge in [0.25, 0.3) is 15.9 Å². The van der Waals surface area contributed by atoms with Gasteiger partial charge in [0, 0.05) is 31.2 Å². The Morgan fingerprint density at radius 1 is 1.26 bits per heavy atom. The van der Waals surface area contributed by atoms with E-state index in [0.29, 0.717) is 0 Å². The predicted octanol–water partition coefficient (Wildman–Crippen LogP) is 4.35. The van der Waals surface area contributed by atoms with Gasteiger partial charge in [0.2, 0.25) is 5.16 Å². The number of nitriles is 1. The summed E-state index contributed by atoms with van der Waals surface area (Å²) < 4.78 is 45.8. The molecule has 0 aliphatic carbocycles. The number of halogens is 4. The van der Waals surface area contributed by atoms with Crippen LogP contribution < -0.4 is 10.1 Å². The molecule has 0 atom stereocenters. The zero-order chi connectivity index (χ0) is 25.2. The van der Waals surface area contributed by atoms with E-state index in [1.165, 1.54) is 44.4 Å². The second-order valence-corrected chi connectivity index (χ2v) is 10.2. The molecule has 0 saturated carbocycles. The molecule has 0 aliphatic rings. The zero-order valence-electron chi connectivity index (χ0n) is 17.5. The molecule has 3 aromatic rings. The van der Waals surface area contributed by atoms with Gasteiger partial charge in [0.1, 0.15) is 11.4 Å². The minimum Gasteiger partial charge on any atom is -0.453 e. The Kier molecular flexibility index (Phi) is 7.70. The first-order chi connectivity index (χ1) is 15.9. The molecule has 2 aromatic carbocycles. The van der Waals surface area contributed by atoms with Gasteiger partial charge in [-0.1, -0.05) is 40.9 Å². The fourth-order valence-corrected chi connectivity index (χ4v) is 4.11. The van der Waals surface area contributed by atoms with Gasteiger partial charge in [0.05, 0.1) is 16.7 Å². The summed E-state index contributed by atoms with van der Waals surface area (Å²) in [4.78, 5) is 18.5. The number of imidazole rings is 1. The molecular formula is C20H15Cl3FN5O4S. The van der Waals surface area contributed by atoms with Crippen LogP contribution in [-0.2, 0) is 16.6 Å². The molecule has 2 N–H and O–H groups in total. The molecule has 178 valence electrons. The highest BCUT2D eigenvalue weighted by molar-refractivity contribution is 7.88. The van der Waals surface area contributed by atoms with Crippen molar-refractivity contribution in [2.24, 2.45) is 0 Å². The third-order valence-electron chi connectivity index (χ3n) is 4.38. The van der Waals surface area contributed by atoms with E-state index in [1.807, 2.05) is 6.07 Å². The van der Waals surface area contributed by atoms with Crippen molar-refractivity contribution in [1.29, 1.82) is 5.26 Å². The van der Waals surface area contributed by atoms with Crippen molar-refractivity contribution in [2.45, 2.75) is 11.7 Å².